The van der Waals surface area contributed by atoms with Crippen molar-refractivity contribution in [3.63, 3.8) is 0 Å². The summed E-state index contributed by atoms with van der Waals surface area (Å²) >= 11 is 2.02. The maximum Gasteiger partial charge on any atom is 0.00684 e. The van der Waals surface area contributed by atoms with Crippen molar-refractivity contribution in [2.45, 2.75) is 83.6 Å². The fourth-order valence-corrected chi connectivity index (χ4v) is 4.26. The molecule has 0 aliphatic heterocycles. The highest BCUT2D eigenvalue weighted by Crippen LogP contribution is 2.44. The summed E-state index contributed by atoms with van der Waals surface area (Å²) in [5.41, 5.74) is 0.654. The Bertz CT molecular complexity index is 254. The lowest BCUT2D eigenvalue weighted by molar-refractivity contribution is 0.126. The molecule has 0 heterocycles. The lowest BCUT2D eigenvalue weighted by atomic mass is 9.67. The van der Waals surface area contributed by atoms with Crippen LogP contribution in [0.25, 0.3) is 0 Å². The highest BCUT2D eigenvalue weighted by atomic mass is 32.2. The molecule has 0 aromatic carbocycles. The van der Waals surface area contributed by atoms with E-state index in [1.807, 2.05) is 11.8 Å². The Kier molecular flexibility index (Phi) is 7.24. The number of hydrogen-bond acceptors (Lipinski definition) is 2. The molecule has 2 aliphatic rings. The summed E-state index contributed by atoms with van der Waals surface area (Å²) in [6.07, 6.45) is 18.3. The van der Waals surface area contributed by atoms with Gasteiger partial charge in [0.2, 0.25) is 0 Å². The molecule has 2 heteroatoms. The first-order chi connectivity index (χ1) is 9.78. The van der Waals surface area contributed by atoms with Crippen LogP contribution in [0, 0.1) is 11.3 Å². The van der Waals surface area contributed by atoms with Gasteiger partial charge >= 0.3 is 0 Å². The van der Waals surface area contributed by atoms with Crippen molar-refractivity contribution in [3.05, 3.63) is 0 Å². The standard InChI is InChI=1S/C18H35NS/c1-3-4-6-16-9-12-18(13-10-16,11-5-14-20-2)15-19-17-7-8-17/h16-17,19H,3-15H2,1-2H3. The second-order valence-corrected chi connectivity index (χ2v) is 8.32. The van der Waals surface area contributed by atoms with Crippen molar-refractivity contribution in [3.8, 4) is 0 Å². The van der Waals surface area contributed by atoms with Gasteiger partial charge in [-0.3, -0.25) is 0 Å². The van der Waals surface area contributed by atoms with Crippen molar-refractivity contribution in [1.29, 1.82) is 0 Å². The van der Waals surface area contributed by atoms with Crippen LogP contribution < -0.4 is 5.32 Å². The number of rotatable bonds is 10. The van der Waals surface area contributed by atoms with Gasteiger partial charge in [0.25, 0.3) is 0 Å². The number of unbranched alkanes of at least 4 members (excludes halogenated alkanes) is 1. The second kappa shape index (κ2) is 8.68. The molecule has 0 saturated heterocycles. The van der Waals surface area contributed by atoms with Gasteiger partial charge in [-0.2, -0.15) is 11.8 Å². The molecule has 0 aromatic heterocycles. The molecule has 1 N–H and O–H groups in total. The van der Waals surface area contributed by atoms with E-state index < -0.39 is 0 Å². The van der Waals surface area contributed by atoms with Gasteiger partial charge in [-0.15, -0.1) is 0 Å². The molecule has 0 atom stereocenters. The molecule has 2 aliphatic carbocycles. The quantitative estimate of drug-likeness (QED) is 0.553. The maximum absolute atomic E-state index is 3.85. The van der Waals surface area contributed by atoms with E-state index in [9.17, 15) is 0 Å². The zero-order valence-corrected chi connectivity index (χ0v) is 14.6. The molecule has 1 nitrogen and oxygen atoms in total. The Morgan fingerprint density at radius 1 is 1.10 bits per heavy atom. The Morgan fingerprint density at radius 3 is 2.45 bits per heavy atom. The van der Waals surface area contributed by atoms with Crippen LogP contribution in [-0.4, -0.2) is 24.6 Å². The molecule has 2 rings (SSSR count). The monoisotopic (exact) mass is 297 g/mol. The first-order valence-electron chi connectivity index (χ1n) is 9.00. The summed E-state index contributed by atoms with van der Waals surface area (Å²) in [5.74, 6) is 2.40. The zero-order valence-electron chi connectivity index (χ0n) is 13.8. The Morgan fingerprint density at radius 2 is 1.85 bits per heavy atom. The van der Waals surface area contributed by atoms with Gasteiger partial charge in [-0.1, -0.05) is 26.2 Å². The molecular weight excluding hydrogens is 262 g/mol. The summed E-state index contributed by atoms with van der Waals surface area (Å²) in [4.78, 5) is 0. The van der Waals surface area contributed by atoms with Crippen LogP contribution in [0.15, 0.2) is 0 Å². The van der Waals surface area contributed by atoms with E-state index in [1.54, 1.807) is 0 Å². The molecule has 0 spiro atoms. The lowest BCUT2D eigenvalue weighted by Crippen LogP contribution is -2.38. The lowest BCUT2D eigenvalue weighted by Gasteiger charge is -2.41. The van der Waals surface area contributed by atoms with Gasteiger partial charge in [0.05, 0.1) is 0 Å². The van der Waals surface area contributed by atoms with E-state index in [0.29, 0.717) is 5.41 Å². The summed E-state index contributed by atoms with van der Waals surface area (Å²) < 4.78 is 0. The molecule has 2 fully saturated rings. The molecule has 118 valence electrons. The Balaban J connectivity index is 1.77. The van der Waals surface area contributed by atoms with E-state index in [2.05, 4.69) is 18.5 Å². The first-order valence-corrected chi connectivity index (χ1v) is 10.4. The number of nitrogens with one attached hydrogen (secondary N) is 1. The molecule has 0 bridgehead atoms. The summed E-state index contributed by atoms with van der Waals surface area (Å²) in [5, 5.41) is 3.85. The fourth-order valence-electron chi connectivity index (χ4n) is 3.83. The van der Waals surface area contributed by atoms with Crippen LogP contribution in [0.2, 0.25) is 0 Å². The van der Waals surface area contributed by atoms with E-state index in [1.165, 1.54) is 82.9 Å². The van der Waals surface area contributed by atoms with Crippen molar-refractivity contribution in [2.75, 3.05) is 18.6 Å². The van der Waals surface area contributed by atoms with Gasteiger partial charge in [0, 0.05) is 12.6 Å². The van der Waals surface area contributed by atoms with E-state index in [4.69, 9.17) is 0 Å². The molecule has 20 heavy (non-hydrogen) atoms. The minimum Gasteiger partial charge on any atom is -0.313 e. The summed E-state index contributed by atoms with van der Waals surface area (Å²) in [6.45, 7) is 3.64. The Hall–Kier alpha value is 0.310. The molecule has 0 aromatic rings. The fraction of sp³-hybridized carbons (Fsp3) is 1.00. The van der Waals surface area contributed by atoms with Crippen LogP contribution in [0.4, 0.5) is 0 Å². The average molecular weight is 298 g/mol. The third kappa shape index (κ3) is 5.60. The topological polar surface area (TPSA) is 12.0 Å². The SMILES string of the molecule is CCCCC1CCC(CCCSC)(CNC2CC2)CC1. The predicted octanol–water partition coefficient (Wildman–Crippen LogP) is 5.25. The highest BCUT2D eigenvalue weighted by molar-refractivity contribution is 7.98. The normalized spacial score (nSPS) is 30.6. The van der Waals surface area contributed by atoms with Crippen molar-refractivity contribution >= 4 is 11.8 Å². The minimum atomic E-state index is 0.654. The van der Waals surface area contributed by atoms with E-state index in [-0.39, 0.29) is 0 Å². The maximum atomic E-state index is 3.85. The van der Waals surface area contributed by atoms with Crippen molar-refractivity contribution in [1.82, 2.24) is 5.32 Å². The van der Waals surface area contributed by atoms with Gasteiger partial charge in [0.15, 0.2) is 0 Å². The number of thioether (sulfide) groups is 1. The predicted molar refractivity (Wildman–Crippen MR) is 92.6 cm³/mol. The summed E-state index contributed by atoms with van der Waals surface area (Å²) in [6, 6.07) is 0.880. The smallest absolute Gasteiger partial charge is 0.00684 e. The molecule has 0 unspecified atom stereocenters. The number of hydrogen-bond donors (Lipinski definition) is 1. The highest BCUT2D eigenvalue weighted by Gasteiger charge is 2.35. The molecule has 0 radical (unpaired) electrons. The summed E-state index contributed by atoms with van der Waals surface area (Å²) in [7, 11) is 0. The second-order valence-electron chi connectivity index (χ2n) is 7.34. The van der Waals surface area contributed by atoms with Gasteiger partial charge in [0.1, 0.15) is 0 Å². The third-order valence-corrected chi connectivity index (χ3v) is 6.23. The molecule has 0 amide bonds. The van der Waals surface area contributed by atoms with Gasteiger partial charge in [-0.25, -0.2) is 0 Å². The van der Waals surface area contributed by atoms with E-state index in [0.717, 1.165) is 12.0 Å². The Labute approximate surface area is 131 Å². The molecular formula is C18H35NS. The van der Waals surface area contributed by atoms with Crippen LogP contribution in [0.3, 0.4) is 0 Å². The van der Waals surface area contributed by atoms with Gasteiger partial charge in [-0.05, 0) is 74.7 Å². The average Bonchev–Trinajstić information content (AvgIpc) is 3.29. The van der Waals surface area contributed by atoms with Crippen molar-refractivity contribution < 1.29 is 0 Å². The van der Waals surface area contributed by atoms with Crippen molar-refractivity contribution in [2.24, 2.45) is 11.3 Å². The van der Waals surface area contributed by atoms with E-state index >= 15 is 0 Å². The largest absolute Gasteiger partial charge is 0.313 e. The third-order valence-electron chi connectivity index (χ3n) is 5.53. The molecule has 2 saturated carbocycles. The van der Waals surface area contributed by atoms with Crippen LogP contribution >= 0.6 is 11.8 Å². The van der Waals surface area contributed by atoms with Crippen LogP contribution in [0.5, 0.6) is 0 Å². The van der Waals surface area contributed by atoms with Gasteiger partial charge < -0.3 is 5.32 Å². The zero-order chi connectivity index (χ0) is 14.3. The first kappa shape index (κ1) is 16.7. The van der Waals surface area contributed by atoms with Crippen LogP contribution in [-0.2, 0) is 0 Å². The van der Waals surface area contributed by atoms with Crippen LogP contribution in [0.1, 0.15) is 77.6 Å². The minimum absolute atomic E-state index is 0.654.